The molecule has 0 bridgehead atoms. The Bertz CT molecular complexity index is 249. The molecule has 1 aromatic rings. The number of ether oxygens (including phenoxy) is 1. The van der Waals surface area contributed by atoms with E-state index in [0.29, 0.717) is 12.5 Å². The van der Waals surface area contributed by atoms with Crippen molar-refractivity contribution in [2.24, 2.45) is 5.92 Å². The molecule has 13 heavy (non-hydrogen) atoms. The van der Waals surface area contributed by atoms with Gasteiger partial charge in [-0.05, 0) is 24.5 Å². The smallest absolute Gasteiger partial charge is 0.374 e. The second-order valence-electron chi connectivity index (χ2n) is 3.30. The Labute approximate surface area is 77.7 Å². The van der Waals surface area contributed by atoms with Gasteiger partial charge in [-0.3, -0.25) is 0 Å². The Balaban J connectivity index is 2.27. The van der Waals surface area contributed by atoms with Crippen LogP contribution in [0.4, 0.5) is 0 Å². The molecule has 0 spiro atoms. The Morgan fingerprint density at radius 1 is 1.62 bits per heavy atom. The van der Waals surface area contributed by atoms with Crippen molar-refractivity contribution >= 4 is 5.97 Å². The summed E-state index contributed by atoms with van der Waals surface area (Å²) in [5, 5.41) is 0. The van der Waals surface area contributed by atoms with E-state index in [-0.39, 0.29) is 11.7 Å². The van der Waals surface area contributed by atoms with Gasteiger partial charge in [0.1, 0.15) is 0 Å². The van der Waals surface area contributed by atoms with E-state index in [9.17, 15) is 4.79 Å². The number of furan rings is 1. The highest BCUT2D eigenvalue weighted by atomic mass is 16.5. The predicted molar refractivity (Wildman–Crippen MR) is 48.4 cm³/mol. The summed E-state index contributed by atoms with van der Waals surface area (Å²) < 4.78 is 9.84. The molecule has 3 heteroatoms. The molecule has 1 heterocycles. The summed E-state index contributed by atoms with van der Waals surface area (Å²) in [4.78, 5) is 11.2. The highest BCUT2D eigenvalue weighted by molar-refractivity contribution is 5.86. The Hall–Kier alpha value is -1.25. The van der Waals surface area contributed by atoms with Crippen molar-refractivity contribution in [2.45, 2.75) is 20.3 Å². The summed E-state index contributed by atoms with van der Waals surface area (Å²) in [5.41, 5.74) is 0. The first kappa shape index (κ1) is 9.84. The zero-order chi connectivity index (χ0) is 9.68. The fourth-order valence-electron chi connectivity index (χ4n) is 0.853. The monoisotopic (exact) mass is 182 g/mol. The van der Waals surface area contributed by atoms with Crippen LogP contribution in [0.3, 0.4) is 0 Å². The Kier molecular flexibility index (Phi) is 3.55. The van der Waals surface area contributed by atoms with E-state index in [2.05, 4.69) is 13.8 Å². The first-order valence-corrected chi connectivity index (χ1v) is 4.41. The quantitative estimate of drug-likeness (QED) is 0.671. The minimum atomic E-state index is -0.384. The molecule has 0 N–H and O–H groups in total. The van der Waals surface area contributed by atoms with E-state index < -0.39 is 0 Å². The second kappa shape index (κ2) is 4.70. The maximum absolute atomic E-state index is 11.2. The lowest BCUT2D eigenvalue weighted by Crippen LogP contribution is -2.06. The number of carbonyl (C=O) groups excluding carboxylic acids is 1. The molecular formula is C10H14O3. The van der Waals surface area contributed by atoms with Crippen LogP contribution in [0.2, 0.25) is 0 Å². The molecule has 1 aromatic heterocycles. The molecule has 0 fully saturated rings. The number of hydrogen-bond acceptors (Lipinski definition) is 3. The SMILES string of the molecule is CC(C)CCOC(=O)c1ccco1. The third-order valence-electron chi connectivity index (χ3n) is 1.65. The van der Waals surface area contributed by atoms with Crippen molar-refractivity contribution in [3.05, 3.63) is 24.2 Å². The average molecular weight is 182 g/mol. The summed E-state index contributed by atoms with van der Waals surface area (Å²) >= 11 is 0. The van der Waals surface area contributed by atoms with Crippen molar-refractivity contribution in [3.63, 3.8) is 0 Å². The van der Waals surface area contributed by atoms with Gasteiger partial charge < -0.3 is 9.15 Å². The third-order valence-corrected chi connectivity index (χ3v) is 1.65. The maximum Gasteiger partial charge on any atom is 0.374 e. The summed E-state index contributed by atoms with van der Waals surface area (Å²) in [6.45, 7) is 4.62. The van der Waals surface area contributed by atoms with E-state index in [1.165, 1.54) is 6.26 Å². The lowest BCUT2D eigenvalue weighted by molar-refractivity contribution is 0.0452. The van der Waals surface area contributed by atoms with Crippen LogP contribution in [0.25, 0.3) is 0 Å². The van der Waals surface area contributed by atoms with Crippen molar-refractivity contribution in [2.75, 3.05) is 6.61 Å². The van der Waals surface area contributed by atoms with Gasteiger partial charge in [-0.2, -0.15) is 0 Å². The number of carbonyl (C=O) groups is 1. The third kappa shape index (κ3) is 3.32. The fraction of sp³-hybridized carbons (Fsp3) is 0.500. The zero-order valence-corrected chi connectivity index (χ0v) is 7.95. The van der Waals surface area contributed by atoms with Crippen molar-refractivity contribution in [1.82, 2.24) is 0 Å². The summed E-state index contributed by atoms with van der Waals surface area (Å²) in [7, 11) is 0. The van der Waals surface area contributed by atoms with Crippen LogP contribution in [0, 0.1) is 5.92 Å². The summed E-state index contributed by atoms with van der Waals surface area (Å²) in [6, 6.07) is 3.26. The van der Waals surface area contributed by atoms with Gasteiger partial charge >= 0.3 is 5.97 Å². The molecule has 0 aromatic carbocycles. The van der Waals surface area contributed by atoms with Gasteiger partial charge in [0, 0.05) is 0 Å². The van der Waals surface area contributed by atoms with Gasteiger partial charge in [-0.1, -0.05) is 13.8 Å². The number of esters is 1. The zero-order valence-electron chi connectivity index (χ0n) is 7.95. The second-order valence-corrected chi connectivity index (χ2v) is 3.30. The molecule has 72 valence electrons. The molecular weight excluding hydrogens is 168 g/mol. The average Bonchev–Trinajstić information content (AvgIpc) is 2.55. The topological polar surface area (TPSA) is 39.4 Å². The van der Waals surface area contributed by atoms with Gasteiger partial charge in [0.25, 0.3) is 0 Å². The molecule has 1 rings (SSSR count). The van der Waals surface area contributed by atoms with E-state index in [4.69, 9.17) is 9.15 Å². The molecule has 3 nitrogen and oxygen atoms in total. The molecule has 0 atom stereocenters. The van der Waals surface area contributed by atoms with E-state index in [1.54, 1.807) is 12.1 Å². The van der Waals surface area contributed by atoms with Crippen LogP contribution in [0.5, 0.6) is 0 Å². The molecule has 0 radical (unpaired) electrons. The van der Waals surface area contributed by atoms with Crippen LogP contribution in [0.1, 0.15) is 30.8 Å². The van der Waals surface area contributed by atoms with Crippen molar-refractivity contribution in [3.8, 4) is 0 Å². The van der Waals surface area contributed by atoms with Gasteiger partial charge in [0.15, 0.2) is 0 Å². The first-order valence-electron chi connectivity index (χ1n) is 4.41. The molecule has 0 aliphatic heterocycles. The Morgan fingerprint density at radius 3 is 2.92 bits per heavy atom. The van der Waals surface area contributed by atoms with Gasteiger partial charge in [0.05, 0.1) is 12.9 Å². The highest BCUT2D eigenvalue weighted by Gasteiger charge is 2.09. The normalized spacial score (nSPS) is 10.4. The Morgan fingerprint density at radius 2 is 2.38 bits per heavy atom. The van der Waals surface area contributed by atoms with Crippen LogP contribution in [-0.2, 0) is 4.74 Å². The lowest BCUT2D eigenvalue weighted by atomic mass is 10.1. The fourth-order valence-corrected chi connectivity index (χ4v) is 0.853. The molecule has 0 amide bonds. The van der Waals surface area contributed by atoms with Crippen LogP contribution in [-0.4, -0.2) is 12.6 Å². The van der Waals surface area contributed by atoms with E-state index in [0.717, 1.165) is 6.42 Å². The predicted octanol–water partition coefficient (Wildman–Crippen LogP) is 2.48. The van der Waals surface area contributed by atoms with E-state index in [1.807, 2.05) is 0 Å². The minimum absolute atomic E-state index is 0.267. The van der Waals surface area contributed by atoms with Gasteiger partial charge in [0.2, 0.25) is 5.76 Å². The van der Waals surface area contributed by atoms with Crippen molar-refractivity contribution < 1.29 is 13.9 Å². The highest BCUT2D eigenvalue weighted by Crippen LogP contribution is 2.04. The van der Waals surface area contributed by atoms with Crippen LogP contribution in [0.15, 0.2) is 22.8 Å². The minimum Gasteiger partial charge on any atom is -0.460 e. The largest absolute Gasteiger partial charge is 0.460 e. The molecule has 0 aliphatic rings. The molecule has 0 unspecified atom stereocenters. The maximum atomic E-state index is 11.2. The lowest BCUT2D eigenvalue weighted by Gasteiger charge is -2.04. The standard InChI is InChI=1S/C10H14O3/c1-8(2)5-7-13-10(11)9-4-3-6-12-9/h3-4,6,8H,5,7H2,1-2H3. The van der Waals surface area contributed by atoms with Gasteiger partial charge in [-0.25, -0.2) is 4.79 Å². The van der Waals surface area contributed by atoms with E-state index >= 15 is 0 Å². The number of rotatable bonds is 4. The molecule has 0 saturated heterocycles. The van der Waals surface area contributed by atoms with Crippen LogP contribution < -0.4 is 0 Å². The van der Waals surface area contributed by atoms with Crippen LogP contribution >= 0.6 is 0 Å². The summed E-state index contributed by atoms with van der Waals surface area (Å²) in [6.07, 6.45) is 2.34. The number of hydrogen-bond donors (Lipinski definition) is 0. The van der Waals surface area contributed by atoms with Gasteiger partial charge in [-0.15, -0.1) is 0 Å². The molecule has 0 aliphatic carbocycles. The molecule has 0 saturated carbocycles. The summed E-state index contributed by atoms with van der Waals surface area (Å²) in [5.74, 6) is 0.429. The first-order chi connectivity index (χ1) is 6.20. The van der Waals surface area contributed by atoms with Crippen molar-refractivity contribution in [1.29, 1.82) is 0 Å².